The zero-order valence-corrected chi connectivity index (χ0v) is 17.1. The average molecular weight is 430 g/mol. The Labute approximate surface area is 174 Å². The second-order valence-corrected chi connectivity index (χ2v) is 6.67. The van der Waals surface area contributed by atoms with Gasteiger partial charge in [-0.05, 0) is 19.7 Å². The van der Waals surface area contributed by atoms with Gasteiger partial charge < -0.3 is 50.7 Å². The summed E-state index contributed by atoms with van der Waals surface area (Å²) in [4.78, 5) is 27.7. The predicted octanol–water partition coefficient (Wildman–Crippen LogP) is -4.21. The largest absolute Gasteiger partial charge is 0.478 e. The molecule has 0 bridgehead atoms. The standard InChI is InChI=1S/C15H28B2N4O9/c1-7(23)18-11-8(19-15(20-16(2)27)21-17(3)28)5-10(14(26)29-4)30-13(11)12(25)9(24)6-22/h5,8-9,11-13,22,24-25,27-28H,6H2,1-4H3,(H,18,23)(H2,19,20,21)/t8?,9?,11-,12-,13-/m1/s1. The van der Waals surface area contributed by atoms with Gasteiger partial charge >= 0.3 is 20.1 Å². The summed E-state index contributed by atoms with van der Waals surface area (Å²) in [5.41, 5.74) is 0. The van der Waals surface area contributed by atoms with E-state index < -0.39 is 63.0 Å². The number of carbonyl (C=O) groups is 2. The number of rotatable bonds is 8. The van der Waals surface area contributed by atoms with Crippen molar-refractivity contribution in [1.82, 2.24) is 15.9 Å². The van der Waals surface area contributed by atoms with Crippen molar-refractivity contribution < 1.29 is 44.4 Å². The van der Waals surface area contributed by atoms with E-state index in [9.17, 15) is 35.0 Å². The van der Waals surface area contributed by atoms with Crippen molar-refractivity contribution in [3.8, 4) is 0 Å². The number of aliphatic hydroxyl groups excluding tert-OH is 3. The number of carbonyl (C=O) groups excluding carboxylic acids is 2. The van der Waals surface area contributed by atoms with E-state index in [1.807, 2.05) is 0 Å². The van der Waals surface area contributed by atoms with Gasteiger partial charge in [0.05, 0.1) is 25.8 Å². The summed E-state index contributed by atoms with van der Waals surface area (Å²) in [6, 6.07) is -2.05. The lowest BCUT2D eigenvalue weighted by molar-refractivity contribution is -0.149. The highest BCUT2D eigenvalue weighted by Crippen LogP contribution is 2.23. The van der Waals surface area contributed by atoms with Gasteiger partial charge in [0.2, 0.25) is 11.7 Å². The Balaban J connectivity index is 3.40. The number of amides is 1. The van der Waals surface area contributed by atoms with E-state index >= 15 is 0 Å². The lowest BCUT2D eigenvalue weighted by Crippen LogP contribution is -2.65. The fourth-order valence-electron chi connectivity index (χ4n) is 2.75. The van der Waals surface area contributed by atoms with Crippen LogP contribution in [-0.2, 0) is 19.1 Å². The Morgan fingerprint density at radius 3 is 2.40 bits per heavy atom. The minimum atomic E-state index is -1.70. The molecule has 2 unspecified atom stereocenters. The third-order valence-corrected chi connectivity index (χ3v) is 3.97. The summed E-state index contributed by atoms with van der Waals surface area (Å²) in [5.74, 6) is -1.83. The fourth-order valence-corrected chi connectivity index (χ4v) is 2.75. The molecule has 0 saturated heterocycles. The molecule has 0 aromatic heterocycles. The number of methoxy groups -OCH3 is 1. The maximum absolute atomic E-state index is 12.0. The molecule has 8 N–H and O–H groups in total. The molecular formula is C15H28B2N4O9. The van der Waals surface area contributed by atoms with E-state index in [1.165, 1.54) is 26.6 Å². The molecule has 5 atom stereocenters. The summed E-state index contributed by atoms with van der Waals surface area (Å²) >= 11 is 0. The molecule has 15 heteroatoms. The van der Waals surface area contributed by atoms with Crippen LogP contribution in [0.1, 0.15) is 6.92 Å². The lowest BCUT2D eigenvalue weighted by Gasteiger charge is -2.40. The number of hydrogen-bond donors (Lipinski definition) is 8. The molecule has 0 fully saturated rings. The van der Waals surface area contributed by atoms with E-state index in [4.69, 9.17) is 4.74 Å². The van der Waals surface area contributed by atoms with Crippen molar-refractivity contribution in [3.05, 3.63) is 11.8 Å². The van der Waals surface area contributed by atoms with Gasteiger partial charge in [-0.15, -0.1) is 0 Å². The van der Waals surface area contributed by atoms with Gasteiger partial charge in [0, 0.05) is 6.92 Å². The van der Waals surface area contributed by atoms with Gasteiger partial charge in [-0.2, -0.15) is 0 Å². The van der Waals surface area contributed by atoms with Gasteiger partial charge in [-0.25, -0.2) is 4.79 Å². The zero-order chi connectivity index (χ0) is 23.0. The Morgan fingerprint density at radius 1 is 1.30 bits per heavy atom. The monoisotopic (exact) mass is 430 g/mol. The Bertz CT molecular complexity index is 662. The van der Waals surface area contributed by atoms with Crippen LogP contribution in [0.3, 0.4) is 0 Å². The Kier molecular flexibility index (Phi) is 10.1. The minimum Gasteiger partial charge on any atom is -0.478 e. The first kappa shape index (κ1) is 25.7. The first-order valence-corrected chi connectivity index (χ1v) is 9.18. The molecule has 1 aliphatic rings. The van der Waals surface area contributed by atoms with Crippen molar-refractivity contribution in [2.24, 2.45) is 4.90 Å². The summed E-state index contributed by atoms with van der Waals surface area (Å²) < 4.78 is 10.1. The first-order chi connectivity index (χ1) is 14.0. The van der Waals surface area contributed by atoms with Crippen molar-refractivity contribution in [2.75, 3.05) is 13.7 Å². The third kappa shape index (κ3) is 7.50. The number of nitrogens with zero attached hydrogens (tertiary/aromatic N) is 1. The van der Waals surface area contributed by atoms with Crippen molar-refractivity contribution in [2.45, 2.75) is 51.0 Å². The van der Waals surface area contributed by atoms with Gasteiger partial charge in [-0.3, -0.25) is 9.70 Å². The van der Waals surface area contributed by atoms with E-state index in [0.29, 0.717) is 0 Å². The number of ether oxygens (including phenoxy) is 2. The summed E-state index contributed by atoms with van der Waals surface area (Å²) in [5, 5.41) is 56.5. The number of esters is 1. The molecule has 1 rings (SSSR count). The van der Waals surface area contributed by atoms with E-state index in [-0.39, 0.29) is 11.7 Å². The maximum Gasteiger partial charge on any atom is 0.431 e. The molecule has 0 saturated carbocycles. The molecule has 13 nitrogen and oxygen atoms in total. The van der Waals surface area contributed by atoms with Crippen LogP contribution in [0.15, 0.2) is 16.7 Å². The molecule has 0 radical (unpaired) electrons. The summed E-state index contributed by atoms with van der Waals surface area (Å²) in [6.07, 6.45) is -3.47. The Morgan fingerprint density at radius 2 is 1.93 bits per heavy atom. The topological polar surface area (TPSA) is 202 Å². The van der Waals surface area contributed by atoms with E-state index in [1.54, 1.807) is 0 Å². The first-order valence-electron chi connectivity index (χ1n) is 9.18. The third-order valence-electron chi connectivity index (χ3n) is 3.97. The lowest BCUT2D eigenvalue weighted by atomic mass is 9.87. The predicted molar refractivity (Wildman–Crippen MR) is 107 cm³/mol. The van der Waals surface area contributed by atoms with E-state index in [0.717, 1.165) is 7.11 Å². The maximum atomic E-state index is 12.0. The Hall–Kier alpha value is -2.32. The number of guanidine groups is 1. The van der Waals surface area contributed by atoms with Crippen LogP contribution in [-0.4, -0.2) is 101 Å². The minimum absolute atomic E-state index is 0.0846. The average Bonchev–Trinajstić information content (AvgIpc) is 2.65. The molecule has 1 amide bonds. The highest BCUT2D eigenvalue weighted by atomic mass is 16.6. The van der Waals surface area contributed by atoms with Crippen LogP contribution in [0.5, 0.6) is 0 Å². The van der Waals surface area contributed by atoms with Crippen LogP contribution >= 0.6 is 0 Å². The molecule has 0 aromatic carbocycles. The van der Waals surface area contributed by atoms with Crippen LogP contribution in [0, 0.1) is 0 Å². The molecule has 0 aliphatic carbocycles. The van der Waals surface area contributed by atoms with Crippen molar-refractivity contribution in [1.29, 1.82) is 0 Å². The van der Waals surface area contributed by atoms with Gasteiger partial charge in [-0.1, -0.05) is 0 Å². The second-order valence-electron chi connectivity index (χ2n) is 6.67. The van der Waals surface area contributed by atoms with Crippen molar-refractivity contribution >= 4 is 31.9 Å². The van der Waals surface area contributed by atoms with Gasteiger partial charge in [0.25, 0.3) is 0 Å². The van der Waals surface area contributed by atoms with Crippen LogP contribution in [0.25, 0.3) is 0 Å². The SMILES string of the molecule is COC(=O)C1=CC(NC(=NB(C)O)NB(C)O)[C@@H](NC(C)=O)[C@H]([C@H](O)C(O)CO)O1. The highest BCUT2D eigenvalue weighted by Gasteiger charge is 2.44. The fraction of sp³-hybridized carbons (Fsp3) is 0.667. The quantitative estimate of drug-likeness (QED) is 0.0803. The second kappa shape index (κ2) is 11.8. The van der Waals surface area contributed by atoms with Gasteiger partial charge in [0.15, 0.2) is 5.96 Å². The van der Waals surface area contributed by atoms with Crippen LogP contribution in [0.2, 0.25) is 13.6 Å². The molecule has 1 aliphatic heterocycles. The van der Waals surface area contributed by atoms with Gasteiger partial charge in [0.1, 0.15) is 18.3 Å². The molecule has 168 valence electrons. The number of hydrogen-bond acceptors (Lipinski definition) is 10. The molecule has 0 aromatic rings. The van der Waals surface area contributed by atoms with E-state index in [2.05, 4.69) is 25.5 Å². The summed E-state index contributed by atoms with van der Waals surface area (Å²) in [7, 11) is -1.13. The molecule has 0 spiro atoms. The molecule has 30 heavy (non-hydrogen) atoms. The molecule has 1 heterocycles. The van der Waals surface area contributed by atoms with Crippen LogP contribution < -0.4 is 15.9 Å². The highest BCUT2D eigenvalue weighted by molar-refractivity contribution is 6.52. The number of nitrogens with one attached hydrogen (secondary N) is 3. The summed E-state index contributed by atoms with van der Waals surface area (Å²) in [6.45, 7) is 3.16. The number of aliphatic hydroxyl groups is 3. The zero-order valence-electron chi connectivity index (χ0n) is 17.1. The van der Waals surface area contributed by atoms with Crippen molar-refractivity contribution in [3.63, 3.8) is 0 Å². The van der Waals surface area contributed by atoms with Crippen LogP contribution in [0.4, 0.5) is 0 Å². The molecular weight excluding hydrogens is 402 g/mol. The smallest absolute Gasteiger partial charge is 0.431 e. The normalized spacial score (nSPS) is 23.3.